The predicted molar refractivity (Wildman–Crippen MR) is 96.7 cm³/mol. The minimum absolute atomic E-state index is 0.236. The van der Waals surface area contributed by atoms with E-state index in [0.29, 0.717) is 11.3 Å². The number of hydrogen-bond acceptors (Lipinski definition) is 6. The number of nitrogens with one attached hydrogen (secondary N) is 1. The molecule has 0 radical (unpaired) electrons. The molecule has 26 heavy (non-hydrogen) atoms. The number of benzene rings is 1. The molecule has 8 nitrogen and oxygen atoms in total. The molecule has 0 spiro atoms. The number of carboxylic acid groups (broad SMARTS) is 2. The average Bonchev–Trinajstić information content (AvgIpc) is 3.00. The van der Waals surface area contributed by atoms with Gasteiger partial charge in [-0.25, -0.2) is 14.6 Å². The van der Waals surface area contributed by atoms with E-state index < -0.39 is 34.4 Å². The van der Waals surface area contributed by atoms with Gasteiger partial charge in [-0.15, -0.1) is 11.3 Å². The number of H-pyrrole nitrogens is 1. The first kappa shape index (κ1) is 17.4. The standard InChI is InChI=1S/C17H13N3O5S/c1-7-19-10(6-26-7)8-3-2-4-9(5-8)11-12(16(22)23)14(18)20-15(21)13(11)17(24)25/h2-6H,1H3,(H,22,23)(H,24,25)(H3,18,20,21). The van der Waals surface area contributed by atoms with Crippen molar-refractivity contribution in [3.05, 3.63) is 56.1 Å². The van der Waals surface area contributed by atoms with Gasteiger partial charge in [-0.05, 0) is 18.6 Å². The number of nitrogen functional groups attached to an aromatic ring is 1. The SMILES string of the molecule is Cc1nc(-c2cccc(-c3c(C(=O)O)c(N)[nH]c(=O)c3C(=O)O)c2)cs1. The third-order valence-corrected chi connectivity index (χ3v) is 4.51. The van der Waals surface area contributed by atoms with E-state index in [9.17, 15) is 24.6 Å². The molecule has 0 fully saturated rings. The van der Waals surface area contributed by atoms with Gasteiger partial charge in [-0.1, -0.05) is 18.2 Å². The summed E-state index contributed by atoms with van der Waals surface area (Å²) in [6.45, 7) is 1.85. The summed E-state index contributed by atoms with van der Waals surface area (Å²) in [5, 5.41) is 21.6. The molecule has 0 aliphatic carbocycles. The fourth-order valence-corrected chi connectivity index (χ4v) is 3.29. The molecule has 0 atom stereocenters. The lowest BCUT2D eigenvalue weighted by Gasteiger charge is -2.12. The zero-order chi connectivity index (χ0) is 19.0. The van der Waals surface area contributed by atoms with E-state index >= 15 is 0 Å². The van der Waals surface area contributed by atoms with Crippen LogP contribution in [-0.4, -0.2) is 32.1 Å². The van der Waals surface area contributed by atoms with Crippen LogP contribution in [0.5, 0.6) is 0 Å². The molecule has 3 rings (SSSR count). The van der Waals surface area contributed by atoms with Crippen LogP contribution in [0, 0.1) is 6.92 Å². The van der Waals surface area contributed by atoms with Gasteiger partial charge in [0.2, 0.25) is 0 Å². The van der Waals surface area contributed by atoms with Crippen molar-refractivity contribution in [1.82, 2.24) is 9.97 Å². The van der Waals surface area contributed by atoms with Crippen LogP contribution in [0.1, 0.15) is 25.7 Å². The van der Waals surface area contributed by atoms with Crippen LogP contribution in [0.3, 0.4) is 0 Å². The summed E-state index contributed by atoms with van der Waals surface area (Å²) in [4.78, 5) is 41.8. The Bertz CT molecular complexity index is 1100. The van der Waals surface area contributed by atoms with Crippen molar-refractivity contribution >= 4 is 29.1 Å². The fourth-order valence-electron chi connectivity index (χ4n) is 2.67. The number of aromatic nitrogens is 2. The molecule has 9 heteroatoms. The van der Waals surface area contributed by atoms with Crippen LogP contribution in [-0.2, 0) is 0 Å². The summed E-state index contributed by atoms with van der Waals surface area (Å²) in [7, 11) is 0. The first-order valence-corrected chi connectivity index (χ1v) is 8.22. The summed E-state index contributed by atoms with van der Waals surface area (Å²) in [5.41, 5.74) is 4.88. The van der Waals surface area contributed by atoms with E-state index in [0.717, 1.165) is 5.01 Å². The number of hydrogen-bond donors (Lipinski definition) is 4. The number of nitrogens with zero attached hydrogens (tertiary/aromatic N) is 1. The predicted octanol–water partition coefficient (Wildman–Crippen LogP) is 2.45. The largest absolute Gasteiger partial charge is 0.478 e. The third kappa shape index (κ3) is 2.95. The van der Waals surface area contributed by atoms with E-state index in [4.69, 9.17) is 5.73 Å². The zero-order valence-corrected chi connectivity index (χ0v) is 14.3. The fraction of sp³-hybridized carbons (Fsp3) is 0.0588. The summed E-state index contributed by atoms with van der Waals surface area (Å²) >= 11 is 1.45. The molecule has 1 aromatic carbocycles. The van der Waals surface area contributed by atoms with E-state index in [-0.39, 0.29) is 11.1 Å². The normalized spacial score (nSPS) is 10.7. The second-order valence-electron chi connectivity index (χ2n) is 5.44. The Labute approximate surface area is 150 Å². The smallest absolute Gasteiger partial charge is 0.342 e. The van der Waals surface area contributed by atoms with Crippen molar-refractivity contribution in [1.29, 1.82) is 0 Å². The summed E-state index contributed by atoms with van der Waals surface area (Å²) in [5.74, 6) is -3.39. The first-order chi connectivity index (χ1) is 12.3. The second-order valence-corrected chi connectivity index (χ2v) is 6.50. The van der Waals surface area contributed by atoms with Gasteiger partial charge in [0, 0.05) is 16.5 Å². The molecule has 0 aliphatic heterocycles. The number of carboxylic acids is 2. The highest BCUT2D eigenvalue weighted by Crippen LogP contribution is 2.32. The van der Waals surface area contributed by atoms with Crippen molar-refractivity contribution in [2.45, 2.75) is 6.92 Å². The third-order valence-electron chi connectivity index (χ3n) is 3.74. The van der Waals surface area contributed by atoms with E-state index in [1.54, 1.807) is 18.2 Å². The maximum atomic E-state index is 12.1. The lowest BCUT2D eigenvalue weighted by atomic mass is 9.94. The monoisotopic (exact) mass is 371 g/mol. The first-order valence-electron chi connectivity index (χ1n) is 7.35. The van der Waals surface area contributed by atoms with Crippen LogP contribution in [0.15, 0.2) is 34.4 Å². The van der Waals surface area contributed by atoms with Gasteiger partial charge in [0.15, 0.2) is 0 Å². The number of aromatic amines is 1. The van der Waals surface area contributed by atoms with Gasteiger partial charge in [0.05, 0.1) is 10.7 Å². The van der Waals surface area contributed by atoms with Crippen LogP contribution in [0.25, 0.3) is 22.4 Å². The number of rotatable bonds is 4. The van der Waals surface area contributed by atoms with Crippen LogP contribution in [0.4, 0.5) is 5.82 Å². The molecule has 2 aromatic heterocycles. The molecule has 0 saturated carbocycles. The van der Waals surface area contributed by atoms with E-state index in [1.165, 1.54) is 17.4 Å². The molecular weight excluding hydrogens is 358 g/mol. The summed E-state index contributed by atoms with van der Waals surface area (Å²) < 4.78 is 0. The van der Waals surface area contributed by atoms with Gasteiger partial charge in [0.25, 0.3) is 5.56 Å². The molecule has 2 heterocycles. The Morgan fingerprint density at radius 3 is 2.38 bits per heavy atom. The molecule has 5 N–H and O–H groups in total. The molecule has 0 amide bonds. The van der Waals surface area contributed by atoms with Crippen molar-refractivity contribution in [3.63, 3.8) is 0 Å². The summed E-state index contributed by atoms with van der Waals surface area (Å²) in [6.07, 6.45) is 0. The highest BCUT2D eigenvalue weighted by Gasteiger charge is 2.26. The number of aryl methyl sites for hydroxylation is 1. The highest BCUT2D eigenvalue weighted by atomic mass is 32.1. The van der Waals surface area contributed by atoms with Crippen molar-refractivity contribution < 1.29 is 19.8 Å². The van der Waals surface area contributed by atoms with Gasteiger partial charge in [-0.2, -0.15) is 0 Å². The molecule has 0 unspecified atom stereocenters. The Morgan fingerprint density at radius 1 is 1.15 bits per heavy atom. The van der Waals surface area contributed by atoms with Crippen molar-refractivity contribution in [3.8, 4) is 22.4 Å². The zero-order valence-electron chi connectivity index (χ0n) is 13.4. The van der Waals surface area contributed by atoms with Gasteiger partial charge >= 0.3 is 11.9 Å². The maximum Gasteiger partial charge on any atom is 0.342 e. The lowest BCUT2D eigenvalue weighted by molar-refractivity contribution is 0.0695. The molecule has 132 valence electrons. The molecule has 0 aliphatic rings. The van der Waals surface area contributed by atoms with E-state index in [2.05, 4.69) is 9.97 Å². The van der Waals surface area contributed by atoms with E-state index in [1.807, 2.05) is 12.3 Å². The molecule has 0 saturated heterocycles. The second kappa shape index (κ2) is 6.45. The molecule has 3 aromatic rings. The number of thiazole rings is 1. The molecular formula is C17H13N3O5S. The van der Waals surface area contributed by atoms with Gasteiger partial charge in [0.1, 0.15) is 16.9 Å². The van der Waals surface area contributed by atoms with Crippen LogP contribution in [0.2, 0.25) is 0 Å². The van der Waals surface area contributed by atoms with Crippen molar-refractivity contribution in [2.24, 2.45) is 0 Å². The quantitative estimate of drug-likeness (QED) is 0.551. The number of aromatic carboxylic acids is 2. The average molecular weight is 371 g/mol. The Morgan fingerprint density at radius 2 is 1.81 bits per heavy atom. The summed E-state index contributed by atoms with van der Waals surface area (Å²) in [6, 6.07) is 6.50. The minimum atomic E-state index is -1.54. The topological polar surface area (TPSA) is 146 Å². The minimum Gasteiger partial charge on any atom is -0.478 e. The number of anilines is 1. The maximum absolute atomic E-state index is 12.1. The Kier molecular flexibility index (Phi) is 4.31. The van der Waals surface area contributed by atoms with Crippen molar-refractivity contribution in [2.75, 3.05) is 5.73 Å². The van der Waals surface area contributed by atoms with Gasteiger partial charge < -0.3 is 20.9 Å². The van der Waals surface area contributed by atoms with Crippen LogP contribution >= 0.6 is 11.3 Å². The number of nitrogens with two attached hydrogens (primary N) is 1. The highest BCUT2D eigenvalue weighted by molar-refractivity contribution is 7.09. The number of carbonyl (C=O) groups is 2. The Balaban J connectivity index is 2.35. The van der Waals surface area contributed by atoms with Gasteiger partial charge in [-0.3, -0.25) is 4.79 Å². The van der Waals surface area contributed by atoms with Crippen LogP contribution < -0.4 is 11.3 Å². The molecule has 0 bridgehead atoms. The Hall–Kier alpha value is -3.46. The number of pyridine rings is 1. The lowest BCUT2D eigenvalue weighted by Crippen LogP contribution is -2.24.